The predicted octanol–water partition coefficient (Wildman–Crippen LogP) is 5.42. The van der Waals surface area contributed by atoms with E-state index in [9.17, 15) is 24.2 Å². The summed E-state index contributed by atoms with van der Waals surface area (Å²) >= 11 is 7.26. The van der Waals surface area contributed by atoms with Crippen LogP contribution in [0.25, 0.3) is 16.0 Å². The van der Waals surface area contributed by atoms with Gasteiger partial charge in [0.05, 0.1) is 21.8 Å². The van der Waals surface area contributed by atoms with Crippen molar-refractivity contribution in [2.45, 2.75) is 6.04 Å². The van der Waals surface area contributed by atoms with E-state index in [2.05, 4.69) is 4.98 Å². The van der Waals surface area contributed by atoms with Crippen LogP contribution < -0.4 is 4.90 Å². The van der Waals surface area contributed by atoms with Crippen LogP contribution in [0.15, 0.2) is 72.3 Å². The van der Waals surface area contributed by atoms with Crippen LogP contribution in [-0.2, 0) is 9.59 Å². The second kappa shape index (κ2) is 7.99. The van der Waals surface area contributed by atoms with Crippen molar-refractivity contribution in [3.05, 3.63) is 94.3 Å². The Hall–Kier alpha value is -3.75. The zero-order valence-electron chi connectivity index (χ0n) is 16.7. The van der Waals surface area contributed by atoms with Crippen molar-refractivity contribution >= 4 is 55.7 Å². The van der Waals surface area contributed by atoms with E-state index in [0.29, 0.717) is 16.1 Å². The summed E-state index contributed by atoms with van der Waals surface area (Å²) in [4.78, 5) is 32.0. The number of rotatable bonds is 3. The van der Waals surface area contributed by atoms with E-state index in [0.717, 1.165) is 16.8 Å². The Morgan fingerprint density at radius 3 is 2.42 bits per heavy atom. The number of hydrogen-bond donors (Lipinski definition) is 2. The zero-order chi connectivity index (χ0) is 23.3. The minimum atomic E-state index is -1.01. The number of carbonyl (C=O) groups is 2. The maximum absolute atomic E-state index is 13.4. The number of ketones is 1. The van der Waals surface area contributed by atoms with Gasteiger partial charge >= 0.3 is 5.91 Å². The van der Waals surface area contributed by atoms with Crippen molar-refractivity contribution < 1.29 is 24.2 Å². The summed E-state index contributed by atoms with van der Waals surface area (Å²) in [7, 11) is 0. The Kier molecular flexibility index (Phi) is 5.11. The highest BCUT2D eigenvalue weighted by molar-refractivity contribution is 7.22. The molecule has 1 aromatic heterocycles. The number of anilines is 1. The second-order valence-electron chi connectivity index (χ2n) is 7.38. The molecule has 1 unspecified atom stereocenters. The summed E-state index contributed by atoms with van der Waals surface area (Å²) in [6.07, 6.45) is 0. The fourth-order valence-corrected chi connectivity index (χ4v) is 5.02. The van der Waals surface area contributed by atoms with Gasteiger partial charge < -0.3 is 10.2 Å². The van der Waals surface area contributed by atoms with Crippen molar-refractivity contribution in [2.24, 2.45) is 0 Å². The molecule has 0 radical (unpaired) electrons. The molecule has 1 amide bonds. The van der Waals surface area contributed by atoms with Crippen LogP contribution in [0.2, 0.25) is 5.02 Å². The Morgan fingerprint density at radius 2 is 1.73 bits per heavy atom. The molecule has 0 spiro atoms. The van der Waals surface area contributed by atoms with Crippen molar-refractivity contribution in [2.75, 3.05) is 4.90 Å². The van der Waals surface area contributed by atoms with Crippen LogP contribution in [0.4, 0.5) is 9.52 Å². The molecule has 9 heteroatoms. The van der Waals surface area contributed by atoms with E-state index in [1.165, 1.54) is 40.5 Å². The van der Waals surface area contributed by atoms with Crippen LogP contribution in [0.1, 0.15) is 17.2 Å². The van der Waals surface area contributed by atoms with Crippen molar-refractivity contribution in [3.8, 4) is 5.75 Å². The van der Waals surface area contributed by atoms with Gasteiger partial charge in [-0.25, -0.2) is 9.37 Å². The highest BCUT2D eigenvalue weighted by Crippen LogP contribution is 2.44. The monoisotopic (exact) mass is 480 g/mol. The minimum Gasteiger partial charge on any atom is -0.508 e. The molecule has 0 bridgehead atoms. The number of fused-ring (bicyclic) bond motifs is 1. The van der Waals surface area contributed by atoms with Gasteiger partial charge in [-0.05, 0) is 60.2 Å². The number of halogens is 2. The van der Waals surface area contributed by atoms with Crippen molar-refractivity contribution in [1.29, 1.82) is 0 Å². The number of aromatic nitrogens is 1. The number of amides is 1. The van der Waals surface area contributed by atoms with Gasteiger partial charge in [0.15, 0.2) is 5.13 Å². The SMILES string of the molecule is O=C1C(=O)N(c2nc3ccc(Cl)cc3s2)C(c2ccc(O)cc2)/C1=C(\O)c1ccc(F)cc1. The molecule has 3 aromatic carbocycles. The molecule has 2 N–H and O–H groups in total. The number of phenols is 1. The number of aromatic hydroxyl groups is 1. The summed E-state index contributed by atoms with van der Waals surface area (Å²) < 4.78 is 14.1. The molecule has 0 saturated carbocycles. The largest absolute Gasteiger partial charge is 0.508 e. The van der Waals surface area contributed by atoms with Gasteiger partial charge in [-0.3, -0.25) is 14.5 Å². The van der Waals surface area contributed by atoms with Gasteiger partial charge in [0.1, 0.15) is 17.3 Å². The Bertz CT molecular complexity index is 1450. The van der Waals surface area contributed by atoms with Crippen LogP contribution in [0, 0.1) is 5.82 Å². The molecule has 0 aliphatic carbocycles. The first-order valence-electron chi connectivity index (χ1n) is 9.75. The first-order chi connectivity index (χ1) is 15.8. The topological polar surface area (TPSA) is 90.7 Å². The second-order valence-corrected chi connectivity index (χ2v) is 8.82. The average Bonchev–Trinajstić information content (AvgIpc) is 3.32. The molecule has 1 atom stereocenters. The number of phenolic OH excluding ortho intramolecular Hbond substituents is 1. The molecule has 1 aliphatic rings. The summed E-state index contributed by atoms with van der Waals surface area (Å²) in [5, 5.41) is 21.5. The first kappa shape index (κ1) is 21.1. The number of aliphatic hydroxyl groups is 1. The van der Waals surface area contributed by atoms with Gasteiger partial charge in [-0.1, -0.05) is 35.1 Å². The van der Waals surface area contributed by atoms with Crippen molar-refractivity contribution in [3.63, 3.8) is 0 Å². The van der Waals surface area contributed by atoms with Crippen LogP contribution >= 0.6 is 22.9 Å². The molecule has 1 aliphatic heterocycles. The van der Waals surface area contributed by atoms with E-state index < -0.39 is 29.3 Å². The molecule has 6 nitrogen and oxygen atoms in total. The number of carbonyl (C=O) groups excluding carboxylic acids is 2. The summed E-state index contributed by atoms with van der Waals surface area (Å²) in [5.74, 6) is -2.69. The lowest BCUT2D eigenvalue weighted by molar-refractivity contribution is -0.132. The van der Waals surface area contributed by atoms with Gasteiger partial charge in [-0.15, -0.1) is 0 Å². The fourth-order valence-electron chi connectivity index (χ4n) is 3.75. The summed E-state index contributed by atoms with van der Waals surface area (Å²) in [6, 6.07) is 15.0. The van der Waals surface area contributed by atoms with Gasteiger partial charge in [0.25, 0.3) is 5.78 Å². The fraction of sp³-hybridized carbons (Fsp3) is 0.0417. The third-order valence-corrected chi connectivity index (χ3v) is 6.57. The summed E-state index contributed by atoms with van der Waals surface area (Å²) in [6.45, 7) is 0. The van der Waals surface area contributed by atoms with Crippen LogP contribution in [0.3, 0.4) is 0 Å². The lowest BCUT2D eigenvalue weighted by Crippen LogP contribution is -2.29. The number of hydrogen-bond acceptors (Lipinski definition) is 6. The predicted molar refractivity (Wildman–Crippen MR) is 124 cm³/mol. The van der Waals surface area contributed by atoms with Crippen LogP contribution in [0.5, 0.6) is 5.75 Å². The quantitative estimate of drug-likeness (QED) is 0.232. The van der Waals surface area contributed by atoms with E-state index in [1.807, 2.05) is 0 Å². The van der Waals surface area contributed by atoms with E-state index >= 15 is 0 Å². The van der Waals surface area contributed by atoms with Gasteiger partial charge in [0, 0.05) is 10.6 Å². The van der Waals surface area contributed by atoms with E-state index in [4.69, 9.17) is 11.6 Å². The Balaban J connectivity index is 1.73. The molecule has 1 saturated heterocycles. The Labute approximate surface area is 195 Å². The zero-order valence-corrected chi connectivity index (χ0v) is 18.3. The number of thiazole rings is 1. The lowest BCUT2D eigenvalue weighted by atomic mass is 9.95. The van der Waals surface area contributed by atoms with Crippen molar-refractivity contribution in [1.82, 2.24) is 4.98 Å². The van der Waals surface area contributed by atoms with Gasteiger partial charge in [-0.2, -0.15) is 0 Å². The molecule has 1 fully saturated rings. The molecule has 164 valence electrons. The molecule has 5 rings (SSSR count). The highest BCUT2D eigenvalue weighted by atomic mass is 35.5. The smallest absolute Gasteiger partial charge is 0.301 e. The van der Waals surface area contributed by atoms with Crippen LogP contribution in [-0.4, -0.2) is 26.9 Å². The number of nitrogens with zero attached hydrogens (tertiary/aromatic N) is 2. The molecule has 2 heterocycles. The standard InChI is InChI=1S/C24H14ClFN2O4S/c25-14-5-10-17-18(11-14)33-24(27-17)28-20(12-3-8-16(29)9-4-12)19(22(31)23(28)32)21(30)13-1-6-15(26)7-2-13/h1-11,20,29-30H/b21-19+. The molecule has 33 heavy (non-hydrogen) atoms. The van der Waals surface area contributed by atoms with E-state index in [1.54, 1.807) is 30.3 Å². The third kappa shape index (κ3) is 3.63. The number of aliphatic hydroxyl groups excluding tert-OH is 1. The Morgan fingerprint density at radius 1 is 1.03 bits per heavy atom. The summed E-state index contributed by atoms with van der Waals surface area (Å²) in [5.41, 5.74) is 1.11. The molecular weight excluding hydrogens is 467 g/mol. The maximum atomic E-state index is 13.4. The maximum Gasteiger partial charge on any atom is 0.301 e. The number of Topliss-reactive ketones (excluding diaryl/α,β-unsaturated/α-hetero) is 1. The normalized spacial score (nSPS) is 17.8. The number of benzene rings is 3. The highest BCUT2D eigenvalue weighted by Gasteiger charge is 2.48. The molecule has 4 aromatic rings. The third-order valence-electron chi connectivity index (χ3n) is 5.32. The van der Waals surface area contributed by atoms with Gasteiger partial charge in [0.2, 0.25) is 0 Å². The first-order valence-corrected chi connectivity index (χ1v) is 10.9. The average molecular weight is 481 g/mol. The minimum absolute atomic E-state index is 0.00358. The molecular formula is C24H14ClFN2O4S. The van der Waals surface area contributed by atoms with E-state index in [-0.39, 0.29) is 22.0 Å². The lowest BCUT2D eigenvalue weighted by Gasteiger charge is -2.23.